The molecule has 8 heteroatoms. The van der Waals surface area contributed by atoms with Crippen LogP contribution in [0.2, 0.25) is 0 Å². The van der Waals surface area contributed by atoms with Gasteiger partial charge < -0.3 is 9.80 Å². The maximum Gasteiger partial charge on any atom is 0.256 e. The van der Waals surface area contributed by atoms with Crippen LogP contribution in [0.25, 0.3) is 0 Å². The van der Waals surface area contributed by atoms with Crippen LogP contribution in [0.15, 0.2) is 52.6 Å². The first-order valence-electron chi connectivity index (χ1n) is 8.46. The average Bonchev–Trinajstić information content (AvgIpc) is 3.44. The number of carbonyl (C=O) groups excluding carboxylic acids is 1. The van der Waals surface area contributed by atoms with Crippen LogP contribution >= 0.6 is 0 Å². The molecule has 3 aliphatic rings. The molecule has 4 rings (SSSR count). The molecular formula is C18H18FN3O3S. The summed E-state index contributed by atoms with van der Waals surface area (Å²) in [7, 11) is -3.43. The summed E-state index contributed by atoms with van der Waals surface area (Å²) in [6.45, 7) is 0.482. The van der Waals surface area contributed by atoms with Gasteiger partial charge in [-0.2, -0.15) is 0 Å². The van der Waals surface area contributed by atoms with Gasteiger partial charge in [0, 0.05) is 30.9 Å². The molecule has 0 atom stereocenters. The van der Waals surface area contributed by atoms with E-state index in [2.05, 4.69) is 4.40 Å². The van der Waals surface area contributed by atoms with Gasteiger partial charge in [-0.1, -0.05) is 18.2 Å². The predicted molar refractivity (Wildman–Crippen MR) is 95.1 cm³/mol. The fourth-order valence-electron chi connectivity index (χ4n) is 3.06. The molecule has 0 aromatic heterocycles. The largest absolute Gasteiger partial charge is 0.331 e. The standard InChI is InChI=1S/C18H18FN3O3S/c19-16-4-2-1-3-13(16)12-22(15-6-7-15)18(23)14-5-8-17-20-26(24,25)10-9-21(17)11-14/h1-5,8,11,15H,6-7,9-10,12H2. The highest BCUT2D eigenvalue weighted by molar-refractivity contribution is 7.90. The van der Waals surface area contributed by atoms with Gasteiger partial charge in [0.15, 0.2) is 0 Å². The Hall–Kier alpha value is -2.48. The Balaban J connectivity index is 1.57. The quantitative estimate of drug-likeness (QED) is 0.805. The second kappa shape index (κ2) is 6.35. The molecule has 0 unspecified atom stereocenters. The van der Waals surface area contributed by atoms with Crippen molar-refractivity contribution >= 4 is 21.8 Å². The lowest BCUT2D eigenvalue weighted by Gasteiger charge is -2.29. The van der Waals surface area contributed by atoms with Gasteiger partial charge in [0.2, 0.25) is 0 Å². The van der Waals surface area contributed by atoms with Crippen LogP contribution < -0.4 is 0 Å². The molecular weight excluding hydrogens is 357 g/mol. The van der Waals surface area contributed by atoms with Crippen LogP contribution in [0.4, 0.5) is 4.39 Å². The summed E-state index contributed by atoms with van der Waals surface area (Å²) < 4.78 is 40.9. The van der Waals surface area contributed by atoms with E-state index >= 15 is 0 Å². The minimum atomic E-state index is -3.43. The van der Waals surface area contributed by atoms with Crippen molar-refractivity contribution in [2.75, 3.05) is 12.3 Å². The smallest absolute Gasteiger partial charge is 0.256 e. The summed E-state index contributed by atoms with van der Waals surface area (Å²) in [6, 6.07) is 6.57. The molecule has 26 heavy (non-hydrogen) atoms. The average molecular weight is 375 g/mol. The Labute approximate surface area is 151 Å². The van der Waals surface area contributed by atoms with Crippen LogP contribution in [0.5, 0.6) is 0 Å². The molecule has 136 valence electrons. The van der Waals surface area contributed by atoms with Crippen molar-refractivity contribution in [2.45, 2.75) is 25.4 Å². The number of benzene rings is 1. The molecule has 1 fully saturated rings. The third-order valence-corrected chi connectivity index (χ3v) is 5.78. The summed E-state index contributed by atoms with van der Waals surface area (Å²) in [5.41, 5.74) is 0.936. The summed E-state index contributed by atoms with van der Waals surface area (Å²) in [4.78, 5) is 16.4. The van der Waals surface area contributed by atoms with E-state index in [4.69, 9.17) is 0 Å². The maximum atomic E-state index is 14.0. The lowest BCUT2D eigenvalue weighted by atomic mass is 10.1. The van der Waals surface area contributed by atoms with Crippen LogP contribution in [-0.2, 0) is 21.4 Å². The number of fused-ring (bicyclic) bond motifs is 1. The van der Waals surface area contributed by atoms with Gasteiger partial charge in [-0.3, -0.25) is 4.79 Å². The van der Waals surface area contributed by atoms with Gasteiger partial charge in [-0.05, 0) is 31.1 Å². The maximum absolute atomic E-state index is 14.0. The molecule has 0 radical (unpaired) electrons. The van der Waals surface area contributed by atoms with Gasteiger partial charge in [0.25, 0.3) is 15.9 Å². The normalized spacial score (nSPS) is 20.9. The molecule has 0 saturated heterocycles. The topological polar surface area (TPSA) is 70.0 Å². The van der Waals surface area contributed by atoms with Gasteiger partial charge in [0.1, 0.15) is 11.7 Å². The molecule has 0 spiro atoms. The first kappa shape index (κ1) is 17.0. The molecule has 0 N–H and O–H groups in total. The number of rotatable bonds is 4. The zero-order valence-corrected chi connectivity index (χ0v) is 14.8. The molecule has 1 amide bonds. The number of hydrogen-bond donors (Lipinski definition) is 0. The van der Waals surface area contributed by atoms with Gasteiger partial charge in [-0.25, -0.2) is 12.8 Å². The lowest BCUT2D eigenvalue weighted by molar-refractivity contribution is -0.128. The van der Waals surface area contributed by atoms with Crippen molar-refractivity contribution in [2.24, 2.45) is 4.40 Å². The summed E-state index contributed by atoms with van der Waals surface area (Å²) in [6.07, 6.45) is 6.57. The fourth-order valence-corrected chi connectivity index (χ4v) is 4.03. The second-order valence-electron chi connectivity index (χ2n) is 6.60. The van der Waals surface area contributed by atoms with E-state index in [0.29, 0.717) is 17.0 Å². The molecule has 0 bridgehead atoms. The highest BCUT2D eigenvalue weighted by atomic mass is 32.2. The highest BCUT2D eigenvalue weighted by Gasteiger charge is 2.35. The summed E-state index contributed by atoms with van der Waals surface area (Å²) in [5.74, 6) is -0.265. The third kappa shape index (κ3) is 3.41. The van der Waals surface area contributed by atoms with Crippen LogP contribution in [0.1, 0.15) is 18.4 Å². The third-order valence-electron chi connectivity index (χ3n) is 4.62. The molecule has 1 aromatic rings. The Bertz CT molecular complexity index is 948. The van der Waals surface area contributed by atoms with E-state index < -0.39 is 10.0 Å². The number of hydrogen-bond acceptors (Lipinski definition) is 4. The monoisotopic (exact) mass is 375 g/mol. The minimum absolute atomic E-state index is 0.0795. The van der Waals surface area contributed by atoms with Crippen LogP contribution in [0, 0.1) is 5.82 Å². The number of carbonyl (C=O) groups is 1. The molecule has 2 aliphatic heterocycles. The Morgan fingerprint density at radius 3 is 2.77 bits per heavy atom. The zero-order chi connectivity index (χ0) is 18.3. The van der Waals surface area contributed by atoms with Crippen molar-refractivity contribution < 1.29 is 17.6 Å². The van der Waals surface area contributed by atoms with Crippen LogP contribution in [-0.4, -0.2) is 48.3 Å². The molecule has 1 aromatic carbocycles. The molecule has 2 heterocycles. The van der Waals surface area contributed by atoms with Gasteiger partial charge in [0.05, 0.1) is 11.3 Å². The van der Waals surface area contributed by atoms with Crippen LogP contribution in [0.3, 0.4) is 0 Å². The lowest BCUT2D eigenvalue weighted by Crippen LogP contribution is -2.39. The van der Waals surface area contributed by atoms with Crippen molar-refractivity contribution in [3.63, 3.8) is 0 Å². The SMILES string of the molecule is O=C(C1=CN2CCS(=O)(=O)N=C2C=C1)N(Cc1ccccc1F)C1CC1. The molecule has 6 nitrogen and oxygen atoms in total. The van der Waals surface area contributed by atoms with Crippen molar-refractivity contribution in [3.8, 4) is 0 Å². The Morgan fingerprint density at radius 2 is 2.04 bits per heavy atom. The fraction of sp³-hybridized carbons (Fsp3) is 0.333. The summed E-state index contributed by atoms with van der Waals surface area (Å²) in [5, 5.41) is 0. The van der Waals surface area contributed by atoms with Gasteiger partial charge in [-0.15, -0.1) is 4.40 Å². The highest BCUT2D eigenvalue weighted by Crippen LogP contribution is 2.31. The Morgan fingerprint density at radius 1 is 1.27 bits per heavy atom. The minimum Gasteiger partial charge on any atom is -0.331 e. The van der Waals surface area contributed by atoms with E-state index in [-0.39, 0.29) is 36.6 Å². The Kier molecular flexibility index (Phi) is 4.14. The molecule has 1 saturated carbocycles. The number of sulfonamides is 1. The first-order chi connectivity index (χ1) is 12.4. The van der Waals surface area contributed by atoms with Crippen molar-refractivity contribution in [3.05, 3.63) is 59.6 Å². The number of nitrogens with zero attached hydrogens (tertiary/aromatic N) is 3. The van der Waals surface area contributed by atoms with Crippen molar-refractivity contribution in [1.82, 2.24) is 9.80 Å². The van der Waals surface area contributed by atoms with E-state index in [1.54, 1.807) is 40.3 Å². The first-order valence-corrected chi connectivity index (χ1v) is 10.1. The van der Waals surface area contributed by atoms with E-state index in [1.165, 1.54) is 12.1 Å². The van der Waals surface area contributed by atoms with E-state index in [9.17, 15) is 17.6 Å². The van der Waals surface area contributed by atoms with Crippen molar-refractivity contribution in [1.29, 1.82) is 0 Å². The molecule has 1 aliphatic carbocycles. The summed E-state index contributed by atoms with van der Waals surface area (Å²) >= 11 is 0. The number of amidine groups is 1. The number of amides is 1. The zero-order valence-electron chi connectivity index (χ0n) is 14.0. The predicted octanol–water partition coefficient (Wildman–Crippen LogP) is 1.81. The van der Waals surface area contributed by atoms with Gasteiger partial charge >= 0.3 is 0 Å². The second-order valence-corrected chi connectivity index (χ2v) is 8.36. The van der Waals surface area contributed by atoms with E-state index in [1.807, 2.05) is 0 Å². The van der Waals surface area contributed by atoms with E-state index in [0.717, 1.165) is 12.8 Å². The number of halogens is 1.